The van der Waals surface area contributed by atoms with Gasteiger partial charge in [-0.1, -0.05) is 0 Å². The van der Waals surface area contributed by atoms with Gasteiger partial charge in [-0.05, 0) is 37.6 Å². The van der Waals surface area contributed by atoms with Crippen molar-refractivity contribution in [2.24, 2.45) is 5.92 Å². The van der Waals surface area contributed by atoms with E-state index < -0.39 is 23.7 Å². The molecule has 0 atom stereocenters. The van der Waals surface area contributed by atoms with E-state index in [4.69, 9.17) is 4.74 Å². The number of esters is 1. The molecule has 0 radical (unpaired) electrons. The van der Waals surface area contributed by atoms with Crippen LogP contribution in [0.15, 0.2) is 24.3 Å². The topological polar surface area (TPSA) is 114 Å². The maximum absolute atomic E-state index is 11.8. The van der Waals surface area contributed by atoms with Gasteiger partial charge in [-0.15, -0.1) is 0 Å². The summed E-state index contributed by atoms with van der Waals surface area (Å²) in [6.45, 7) is 2.01. The first kappa shape index (κ1) is 16.5. The van der Waals surface area contributed by atoms with E-state index in [1.54, 1.807) is 31.2 Å². The summed E-state index contributed by atoms with van der Waals surface area (Å²) in [5.74, 6) is -2.44. The van der Waals surface area contributed by atoms with Crippen LogP contribution in [0, 0.1) is 5.92 Å². The summed E-state index contributed by atoms with van der Waals surface area (Å²) in [6.07, 6.45) is 0.162. The van der Waals surface area contributed by atoms with Crippen molar-refractivity contribution in [2.45, 2.75) is 19.8 Å². The Labute approximate surface area is 132 Å². The molecule has 0 aromatic heterocycles. The van der Waals surface area contributed by atoms with Crippen molar-refractivity contribution in [3.63, 3.8) is 0 Å². The Morgan fingerprint density at radius 1 is 1.13 bits per heavy atom. The molecule has 1 aliphatic rings. The second-order valence-electron chi connectivity index (χ2n) is 4.92. The summed E-state index contributed by atoms with van der Waals surface area (Å²) in [5.41, 5.74) is 5.32. The molecule has 122 valence electrons. The van der Waals surface area contributed by atoms with Gasteiger partial charge in [-0.3, -0.25) is 25.2 Å². The second kappa shape index (κ2) is 7.39. The third kappa shape index (κ3) is 4.29. The first-order valence-electron chi connectivity index (χ1n) is 7.18. The number of carbonyl (C=O) groups excluding carboxylic acids is 4. The molecular formula is C15H17N3O5. The molecule has 0 saturated carbocycles. The van der Waals surface area contributed by atoms with Crippen LogP contribution in [0.4, 0.5) is 5.69 Å². The number of anilines is 1. The highest BCUT2D eigenvalue weighted by molar-refractivity contribution is 6.05. The summed E-state index contributed by atoms with van der Waals surface area (Å²) in [6, 6.07) is 6.26. The fourth-order valence-corrected chi connectivity index (χ4v) is 2.08. The highest BCUT2D eigenvalue weighted by Crippen LogP contribution is 2.14. The maximum atomic E-state index is 11.8. The van der Waals surface area contributed by atoms with E-state index in [0.717, 1.165) is 0 Å². The Morgan fingerprint density at radius 2 is 1.74 bits per heavy atom. The SMILES string of the molecule is CCOC(=O)c1ccc(NC(=O)CCC2C(=O)NNC2=O)cc1. The van der Waals surface area contributed by atoms with Crippen molar-refractivity contribution in [1.29, 1.82) is 0 Å². The third-order valence-electron chi connectivity index (χ3n) is 3.28. The molecule has 0 bridgehead atoms. The normalized spacial score (nSPS) is 14.1. The van der Waals surface area contributed by atoms with Gasteiger partial charge in [0.15, 0.2) is 0 Å². The van der Waals surface area contributed by atoms with Crippen molar-refractivity contribution in [3.05, 3.63) is 29.8 Å². The first-order valence-corrected chi connectivity index (χ1v) is 7.18. The summed E-state index contributed by atoms with van der Waals surface area (Å²) in [4.78, 5) is 46.0. The molecule has 1 fully saturated rings. The molecule has 8 heteroatoms. The quantitative estimate of drug-likeness (QED) is 0.517. The molecule has 1 aliphatic heterocycles. The van der Waals surface area contributed by atoms with Crippen LogP contribution in [0.2, 0.25) is 0 Å². The largest absolute Gasteiger partial charge is 0.462 e. The number of benzene rings is 1. The van der Waals surface area contributed by atoms with E-state index in [-0.39, 0.29) is 18.7 Å². The summed E-state index contributed by atoms with van der Waals surface area (Å²) >= 11 is 0. The average Bonchev–Trinajstić information content (AvgIpc) is 2.85. The number of nitrogens with one attached hydrogen (secondary N) is 3. The lowest BCUT2D eigenvalue weighted by atomic mass is 10.0. The highest BCUT2D eigenvalue weighted by atomic mass is 16.5. The molecule has 1 saturated heterocycles. The van der Waals surface area contributed by atoms with Gasteiger partial charge in [-0.2, -0.15) is 0 Å². The van der Waals surface area contributed by atoms with E-state index in [9.17, 15) is 19.2 Å². The molecule has 0 aliphatic carbocycles. The standard InChI is InChI=1S/C15H17N3O5/c1-2-23-15(22)9-3-5-10(6-4-9)16-12(19)8-7-11-13(20)17-18-14(11)21/h3-6,11H,2,7-8H2,1H3,(H,16,19)(H,17,20)(H,18,21). The van der Waals surface area contributed by atoms with Gasteiger partial charge in [0.05, 0.1) is 12.2 Å². The lowest BCUT2D eigenvalue weighted by Crippen LogP contribution is -2.28. The van der Waals surface area contributed by atoms with Gasteiger partial charge in [-0.25, -0.2) is 4.79 Å². The fraction of sp³-hybridized carbons (Fsp3) is 0.333. The van der Waals surface area contributed by atoms with Crippen molar-refractivity contribution in [2.75, 3.05) is 11.9 Å². The van der Waals surface area contributed by atoms with E-state index in [2.05, 4.69) is 16.2 Å². The van der Waals surface area contributed by atoms with Crippen LogP contribution in [0.1, 0.15) is 30.1 Å². The summed E-state index contributed by atoms with van der Waals surface area (Å²) in [7, 11) is 0. The minimum atomic E-state index is -0.841. The molecular weight excluding hydrogens is 302 g/mol. The molecule has 3 N–H and O–H groups in total. The number of hydrogen-bond donors (Lipinski definition) is 3. The molecule has 1 heterocycles. The van der Waals surface area contributed by atoms with Crippen LogP contribution in [-0.2, 0) is 19.1 Å². The molecule has 2 rings (SSSR count). The number of amides is 3. The molecule has 3 amide bonds. The van der Waals surface area contributed by atoms with E-state index in [1.165, 1.54) is 0 Å². The van der Waals surface area contributed by atoms with Crippen LogP contribution >= 0.6 is 0 Å². The van der Waals surface area contributed by atoms with Crippen molar-refractivity contribution in [1.82, 2.24) is 10.9 Å². The summed E-state index contributed by atoms with van der Waals surface area (Å²) < 4.78 is 4.86. The monoisotopic (exact) mass is 319 g/mol. The number of ether oxygens (including phenoxy) is 1. The Bertz CT molecular complexity index is 611. The Kier molecular flexibility index (Phi) is 5.29. The van der Waals surface area contributed by atoms with E-state index in [1.807, 2.05) is 0 Å². The van der Waals surface area contributed by atoms with E-state index >= 15 is 0 Å². The van der Waals surface area contributed by atoms with E-state index in [0.29, 0.717) is 17.9 Å². The molecule has 1 aromatic rings. The second-order valence-corrected chi connectivity index (χ2v) is 4.92. The van der Waals surface area contributed by atoms with Crippen LogP contribution in [0.5, 0.6) is 0 Å². The maximum Gasteiger partial charge on any atom is 0.338 e. The van der Waals surface area contributed by atoms with Crippen LogP contribution in [0.25, 0.3) is 0 Å². The minimum absolute atomic E-state index is 0.0329. The summed E-state index contributed by atoms with van der Waals surface area (Å²) in [5, 5.41) is 2.64. The van der Waals surface area contributed by atoms with Gasteiger partial charge >= 0.3 is 5.97 Å². The highest BCUT2D eigenvalue weighted by Gasteiger charge is 2.32. The Morgan fingerprint density at radius 3 is 2.30 bits per heavy atom. The third-order valence-corrected chi connectivity index (χ3v) is 3.28. The van der Waals surface area contributed by atoms with Gasteiger partial charge in [0.2, 0.25) is 5.91 Å². The van der Waals surface area contributed by atoms with Gasteiger partial charge in [0.25, 0.3) is 11.8 Å². The first-order chi connectivity index (χ1) is 11.0. The zero-order valence-corrected chi connectivity index (χ0v) is 12.5. The lowest BCUT2D eigenvalue weighted by molar-refractivity contribution is -0.128. The van der Waals surface area contributed by atoms with Gasteiger partial charge < -0.3 is 10.1 Å². The molecule has 23 heavy (non-hydrogen) atoms. The number of rotatable bonds is 6. The molecule has 0 spiro atoms. The van der Waals surface area contributed by atoms with Crippen molar-refractivity contribution >= 4 is 29.4 Å². The Hall–Kier alpha value is -2.90. The van der Waals surface area contributed by atoms with Gasteiger partial charge in [0.1, 0.15) is 5.92 Å². The average molecular weight is 319 g/mol. The molecule has 8 nitrogen and oxygen atoms in total. The zero-order valence-electron chi connectivity index (χ0n) is 12.5. The predicted molar refractivity (Wildman–Crippen MR) is 80.0 cm³/mol. The van der Waals surface area contributed by atoms with Crippen molar-refractivity contribution < 1.29 is 23.9 Å². The van der Waals surface area contributed by atoms with Crippen LogP contribution in [0.3, 0.4) is 0 Å². The van der Waals surface area contributed by atoms with Crippen LogP contribution in [-0.4, -0.2) is 30.3 Å². The molecule has 1 aromatic carbocycles. The van der Waals surface area contributed by atoms with Crippen LogP contribution < -0.4 is 16.2 Å². The smallest absolute Gasteiger partial charge is 0.338 e. The van der Waals surface area contributed by atoms with Gasteiger partial charge in [0, 0.05) is 12.1 Å². The zero-order chi connectivity index (χ0) is 16.8. The Balaban J connectivity index is 1.84. The molecule has 0 unspecified atom stereocenters. The fourth-order valence-electron chi connectivity index (χ4n) is 2.08. The lowest BCUT2D eigenvalue weighted by Gasteiger charge is -2.07. The number of hydrogen-bond acceptors (Lipinski definition) is 5. The van der Waals surface area contributed by atoms with Crippen molar-refractivity contribution in [3.8, 4) is 0 Å². The minimum Gasteiger partial charge on any atom is -0.462 e. The number of carbonyl (C=O) groups is 4. The predicted octanol–water partition coefficient (Wildman–Crippen LogP) is 0.359. The number of hydrazine groups is 1.